The summed E-state index contributed by atoms with van der Waals surface area (Å²) >= 11 is 0. The van der Waals surface area contributed by atoms with Crippen molar-refractivity contribution >= 4 is 24.3 Å². The van der Waals surface area contributed by atoms with Gasteiger partial charge in [0.1, 0.15) is 0 Å². The van der Waals surface area contributed by atoms with E-state index in [4.69, 9.17) is 0 Å². The number of amides is 1. The summed E-state index contributed by atoms with van der Waals surface area (Å²) in [6, 6.07) is 1.23. The van der Waals surface area contributed by atoms with Gasteiger partial charge in [0.25, 0.3) is 0 Å². The van der Waals surface area contributed by atoms with Gasteiger partial charge in [-0.3, -0.25) is 9.59 Å². The van der Waals surface area contributed by atoms with Gasteiger partial charge in [-0.1, -0.05) is 6.92 Å². The van der Waals surface area contributed by atoms with Crippen LogP contribution in [0.2, 0.25) is 0 Å². The highest BCUT2D eigenvalue weighted by molar-refractivity contribution is 5.85. The van der Waals surface area contributed by atoms with Crippen LogP contribution in [-0.4, -0.2) is 37.6 Å². The number of ether oxygens (including phenoxy) is 1. The first-order valence-corrected chi connectivity index (χ1v) is 7.19. The predicted octanol–water partition coefficient (Wildman–Crippen LogP) is 1.25. The number of esters is 1. The Morgan fingerprint density at radius 1 is 1.30 bits per heavy atom. The second-order valence-electron chi connectivity index (χ2n) is 5.91. The van der Waals surface area contributed by atoms with E-state index in [-0.39, 0.29) is 30.2 Å². The first kappa shape index (κ1) is 17.2. The number of piperidine rings is 1. The summed E-state index contributed by atoms with van der Waals surface area (Å²) in [5, 5.41) is 6.41. The minimum atomic E-state index is -0.279. The molecule has 1 amide bonds. The van der Waals surface area contributed by atoms with E-state index in [0.29, 0.717) is 31.0 Å². The molecule has 2 N–H and O–H groups in total. The second kappa shape index (κ2) is 7.84. The van der Waals surface area contributed by atoms with E-state index in [9.17, 15) is 9.59 Å². The highest BCUT2D eigenvalue weighted by Crippen LogP contribution is 2.32. The standard InChI is InChI=1S/C14H24N2O3.ClH/c1-9(14(18)19-2)8-15-13(17)7-10-5-11-3-4-12(6-10)16-11;/h9-12,16H,3-8H2,1-2H3,(H,15,17);1H. The zero-order valence-corrected chi connectivity index (χ0v) is 13.0. The number of halogens is 1. The average molecular weight is 305 g/mol. The molecule has 2 heterocycles. The van der Waals surface area contributed by atoms with Crippen LogP contribution in [0.1, 0.15) is 39.0 Å². The molecular weight excluding hydrogens is 280 g/mol. The number of rotatable bonds is 5. The van der Waals surface area contributed by atoms with Gasteiger partial charge in [0.2, 0.25) is 5.91 Å². The Bertz CT molecular complexity index is 339. The largest absolute Gasteiger partial charge is 0.469 e. The number of methoxy groups -OCH3 is 1. The monoisotopic (exact) mass is 304 g/mol. The van der Waals surface area contributed by atoms with Crippen LogP contribution >= 0.6 is 12.4 Å². The molecule has 0 aromatic rings. The Hall–Kier alpha value is -0.810. The lowest BCUT2D eigenvalue weighted by molar-refractivity contribution is -0.144. The van der Waals surface area contributed by atoms with Crippen molar-refractivity contribution in [2.45, 2.75) is 51.1 Å². The maximum Gasteiger partial charge on any atom is 0.310 e. The number of hydrogen-bond donors (Lipinski definition) is 2. The molecule has 0 aromatic carbocycles. The summed E-state index contributed by atoms with van der Waals surface area (Å²) in [5.41, 5.74) is 0. The lowest BCUT2D eigenvalue weighted by Crippen LogP contribution is -2.40. The van der Waals surface area contributed by atoms with Crippen LogP contribution in [0.25, 0.3) is 0 Å². The molecule has 2 fully saturated rings. The van der Waals surface area contributed by atoms with E-state index in [1.165, 1.54) is 20.0 Å². The summed E-state index contributed by atoms with van der Waals surface area (Å²) in [7, 11) is 1.37. The van der Waals surface area contributed by atoms with Crippen LogP contribution in [0.15, 0.2) is 0 Å². The van der Waals surface area contributed by atoms with Crippen molar-refractivity contribution in [3.63, 3.8) is 0 Å². The van der Waals surface area contributed by atoms with Crippen molar-refractivity contribution in [3.8, 4) is 0 Å². The summed E-state index contributed by atoms with van der Waals surface area (Å²) in [6.45, 7) is 2.13. The Morgan fingerprint density at radius 2 is 1.90 bits per heavy atom. The molecule has 2 aliphatic rings. The van der Waals surface area contributed by atoms with E-state index in [2.05, 4.69) is 15.4 Å². The first-order chi connectivity index (χ1) is 9.08. The predicted molar refractivity (Wildman–Crippen MR) is 78.7 cm³/mol. The minimum Gasteiger partial charge on any atom is -0.469 e. The average Bonchev–Trinajstić information content (AvgIpc) is 2.74. The van der Waals surface area contributed by atoms with Gasteiger partial charge in [0, 0.05) is 25.0 Å². The molecule has 0 saturated carbocycles. The third-order valence-electron chi connectivity index (χ3n) is 4.25. The van der Waals surface area contributed by atoms with Gasteiger partial charge in [-0.15, -0.1) is 12.4 Å². The molecule has 2 aliphatic heterocycles. The maximum absolute atomic E-state index is 11.9. The van der Waals surface area contributed by atoms with Crippen LogP contribution in [-0.2, 0) is 14.3 Å². The van der Waals surface area contributed by atoms with E-state index >= 15 is 0 Å². The third kappa shape index (κ3) is 4.63. The first-order valence-electron chi connectivity index (χ1n) is 7.19. The molecular formula is C14H25ClN2O3. The van der Waals surface area contributed by atoms with E-state index in [1.54, 1.807) is 6.92 Å². The minimum absolute atomic E-state index is 0. The second-order valence-corrected chi connectivity index (χ2v) is 5.91. The number of nitrogens with one attached hydrogen (secondary N) is 2. The van der Waals surface area contributed by atoms with Gasteiger partial charge in [0.15, 0.2) is 0 Å². The molecule has 0 spiro atoms. The topological polar surface area (TPSA) is 67.4 Å². The Labute approximate surface area is 126 Å². The van der Waals surface area contributed by atoms with E-state index in [1.807, 2.05) is 0 Å². The lowest BCUT2D eigenvalue weighted by atomic mass is 9.89. The van der Waals surface area contributed by atoms with Crippen LogP contribution in [0, 0.1) is 11.8 Å². The van der Waals surface area contributed by atoms with Crippen LogP contribution < -0.4 is 10.6 Å². The highest BCUT2D eigenvalue weighted by Gasteiger charge is 2.34. The SMILES string of the molecule is COC(=O)C(C)CNC(=O)CC1CC2CCC(C1)N2.Cl. The van der Waals surface area contributed by atoms with Crippen LogP contribution in [0.3, 0.4) is 0 Å². The van der Waals surface area contributed by atoms with Gasteiger partial charge >= 0.3 is 5.97 Å². The van der Waals surface area contributed by atoms with Crippen molar-refractivity contribution < 1.29 is 14.3 Å². The molecule has 2 rings (SSSR count). The fourth-order valence-electron chi connectivity index (χ4n) is 3.23. The number of carbonyl (C=O) groups excluding carboxylic acids is 2. The van der Waals surface area contributed by atoms with Crippen molar-refractivity contribution in [1.29, 1.82) is 0 Å². The number of hydrogen-bond acceptors (Lipinski definition) is 4. The normalized spacial score (nSPS) is 29.2. The molecule has 0 aliphatic carbocycles. The van der Waals surface area contributed by atoms with Gasteiger partial charge in [-0.25, -0.2) is 0 Å². The molecule has 116 valence electrons. The molecule has 3 atom stereocenters. The molecule has 3 unspecified atom stereocenters. The fourth-order valence-corrected chi connectivity index (χ4v) is 3.23. The molecule has 6 heteroatoms. The quantitative estimate of drug-likeness (QED) is 0.750. The van der Waals surface area contributed by atoms with Gasteiger partial charge in [0.05, 0.1) is 13.0 Å². The number of fused-ring (bicyclic) bond motifs is 2. The van der Waals surface area contributed by atoms with Crippen LogP contribution in [0.5, 0.6) is 0 Å². The molecule has 2 saturated heterocycles. The Kier molecular flexibility index (Phi) is 6.76. The molecule has 5 nitrogen and oxygen atoms in total. The lowest BCUT2D eigenvalue weighted by Gasteiger charge is -2.28. The molecule has 20 heavy (non-hydrogen) atoms. The zero-order chi connectivity index (χ0) is 13.8. The van der Waals surface area contributed by atoms with Gasteiger partial charge in [-0.05, 0) is 31.6 Å². The van der Waals surface area contributed by atoms with Crippen molar-refractivity contribution in [2.75, 3.05) is 13.7 Å². The Morgan fingerprint density at radius 3 is 2.45 bits per heavy atom. The van der Waals surface area contributed by atoms with Crippen molar-refractivity contribution in [3.05, 3.63) is 0 Å². The molecule has 0 aromatic heterocycles. The fraction of sp³-hybridized carbons (Fsp3) is 0.857. The highest BCUT2D eigenvalue weighted by atomic mass is 35.5. The third-order valence-corrected chi connectivity index (χ3v) is 4.25. The van der Waals surface area contributed by atoms with E-state index in [0.717, 1.165) is 12.8 Å². The van der Waals surface area contributed by atoms with E-state index < -0.39 is 0 Å². The van der Waals surface area contributed by atoms with Gasteiger partial charge < -0.3 is 15.4 Å². The smallest absolute Gasteiger partial charge is 0.310 e. The molecule has 0 radical (unpaired) electrons. The summed E-state index contributed by atoms with van der Waals surface area (Å²) in [6.07, 6.45) is 5.31. The maximum atomic E-state index is 11.9. The summed E-state index contributed by atoms with van der Waals surface area (Å²) < 4.78 is 4.63. The Balaban J connectivity index is 0.00000200. The van der Waals surface area contributed by atoms with Crippen molar-refractivity contribution in [2.24, 2.45) is 11.8 Å². The number of carbonyl (C=O) groups is 2. The van der Waals surface area contributed by atoms with Gasteiger partial charge in [-0.2, -0.15) is 0 Å². The van der Waals surface area contributed by atoms with Crippen LogP contribution in [0.4, 0.5) is 0 Å². The summed E-state index contributed by atoms with van der Waals surface area (Å²) in [5.74, 6) is -0.00685. The zero-order valence-electron chi connectivity index (χ0n) is 12.2. The van der Waals surface area contributed by atoms with Crippen molar-refractivity contribution in [1.82, 2.24) is 10.6 Å². The molecule has 2 bridgehead atoms. The summed E-state index contributed by atoms with van der Waals surface area (Å²) in [4.78, 5) is 23.1.